The maximum atomic E-state index is 6.17. The van der Waals surface area contributed by atoms with E-state index in [1.54, 1.807) is 7.11 Å². The molecule has 0 N–H and O–H groups in total. The number of rotatable bonds is 9. The number of benzene rings is 3. The van der Waals surface area contributed by atoms with Crippen LogP contribution in [0.1, 0.15) is 31.4 Å². The predicted molar refractivity (Wildman–Crippen MR) is 113 cm³/mol. The van der Waals surface area contributed by atoms with Crippen LogP contribution in [-0.2, 0) is 16.8 Å². The van der Waals surface area contributed by atoms with Crippen LogP contribution in [-0.4, -0.2) is 13.7 Å². The quantitative estimate of drug-likeness (QED) is 0.434. The van der Waals surface area contributed by atoms with Crippen molar-refractivity contribution < 1.29 is 14.2 Å². The summed E-state index contributed by atoms with van der Waals surface area (Å²) in [7, 11) is 1.72. The summed E-state index contributed by atoms with van der Waals surface area (Å²) in [5.41, 5.74) is 2.38. The van der Waals surface area contributed by atoms with Gasteiger partial charge in [-0.05, 0) is 41.8 Å². The van der Waals surface area contributed by atoms with Crippen LogP contribution >= 0.6 is 0 Å². The molecule has 0 saturated heterocycles. The summed E-state index contributed by atoms with van der Waals surface area (Å²) in [5.74, 6) is 2.39. The minimum Gasteiger partial charge on any atom is -0.493 e. The number of hydrogen-bond acceptors (Lipinski definition) is 3. The van der Waals surface area contributed by atoms with E-state index in [9.17, 15) is 0 Å². The van der Waals surface area contributed by atoms with Crippen molar-refractivity contribution in [3.05, 3.63) is 90.0 Å². The lowest BCUT2D eigenvalue weighted by atomic mass is 9.80. The molecule has 0 spiro atoms. The van der Waals surface area contributed by atoms with E-state index in [2.05, 4.69) is 38.1 Å². The molecule has 0 bridgehead atoms. The first-order valence-electron chi connectivity index (χ1n) is 9.67. The fourth-order valence-electron chi connectivity index (χ4n) is 3.05. The molecule has 1 unspecified atom stereocenters. The molecule has 28 heavy (non-hydrogen) atoms. The number of para-hydroxylation sites is 1. The lowest BCUT2D eigenvalue weighted by Crippen LogP contribution is -2.29. The van der Waals surface area contributed by atoms with Gasteiger partial charge in [0.1, 0.15) is 17.2 Å². The minimum atomic E-state index is -0.0676. The molecule has 0 saturated carbocycles. The summed E-state index contributed by atoms with van der Waals surface area (Å²) in [6.45, 7) is 5.67. The summed E-state index contributed by atoms with van der Waals surface area (Å²) in [6, 6.07) is 26.2. The predicted octanol–water partition coefficient (Wildman–Crippen LogP) is 6.37. The maximum Gasteiger partial charge on any atom is 0.131 e. The summed E-state index contributed by atoms with van der Waals surface area (Å²) >= 11 is 0. The van der Waals surface area contributed by atoms with Crippen LogP contribution in [0.25, 0.3) is 0 Å². The van der Waals surface area contributed by atoms with E-state index in [-0.39, 0.29) is 5.41 Å². The molecule has 0 amide bonds. The molecule has 0 radical (unpaired) electrons. The Bertz CT molecular complexity index is 858. The zero-order valence-corrected chi connectivity index (χ0v) is 16.9. The molecule has 3 aromatic carbocycles. The average molecular weight is 376 g/mol. The smallest absolute Gasteiger partial charge is 0.131 e. The van der Waals surface area contributed by atoms with Crippen LogP contribution in [0.4, 0.5) is 0 Å². The van der Waals surface area contributed by atoms with Crippen LogP contribution < -0.4 is 9.47 Å². The van der Waals surface area contributed by atoms with Crippen molar-refractivity contribution in [1.82, 2.24) is 0 Å². The van der Waals surface area contributed by atoms with Crippen LogP contribution in [0.15, 0.2) is 78.9 Å². The monoisotopic (exact) mass is 376 g/mol. The second kappa shape index (κ2) is 9.43. The van der Waals surface area contributed by atoms with Gasteiger partial charge in [-0.15, -0.1) is 0 Å². The van der Waals surface area contributed by atoms with Crippen molar-refractivity contribution in [2.24, 2.45) is 0 Å². The van der Waals surface area contributed by atoms with Gasteiger partial charge in [0, 0.05) is 18.6 Å². The topological polar surface area (TPSA) is 27.7 Å². The van der Waals surface area contributed by atoms with Gasteiger partial charge in [-0.3, -0.25) is 0 Å². The van der Waals surface area contributed by atoms with Gasteiger partial charge < -0.3 is 14.2 Å². The SMILES string of the molecule is CCC(C)(COc1cccc(Oc2ccccc2)c1)c1ccc(COC)cc1. The summed E-state index contributed by atoms with van der Waals surface area (Å²) in [5, 5.41) is 0. The molecule has 3 aromatic rings. The van der Waals surface area contributed by atoms with Gasteiger partial charge >= 0.3 is 0 Å². The largest absolute Gasteiger partial charge is 0.493 e. The number of ether oxygens (including phenoxy) is 3. The van der Waals surface area contributed by atoms with Gasteiger partial charge in [-0.1, -0.05) is 62.4 Å². The Kier molecular flexibility index (Phi) is 6.72. The van der Waals surface area contributed by atoms with Crippen LogP contribution in [0.3, 0.4) is 0 Å². The highest BCUT2D eigenvalue weighted by Crippen LogP contribution is 2.30. The lowest BCUT2D eigenvalue weighted by Gasteiger charge is -2.29. The zero-order valence-electron chi connectivity index (χ0n) is 16.9. The molecular weight excluding hydrogens is 348 g/mol. The molecule has 146 valence electrons. The van der Waals surface area contributed by atoms with Crippen LogP contribution in [0.2, 0.25) is 0 Å². The summed E-state index contributed by atoms with van der Waals surface area (Å²) in [6.07, 6.45) is 0.983. The van der Waals surface area contributed by atoms with Gasteiger partial charge in [0.15, 0.2) is 0 Å². The van der Waals surface area contributed by atoms with Crippen molar-refractivity contribution in [3.8, 4) is 17.2 Å². The Hall–Kier alpha value is -2.78. The highest BCUT2D eigenvalue weighted by atomic mass is 16.5. The fourth-order valence-corrected chi connectivity index (χ4v) is 3.05. The molecular formula is C25H28O3. The third-order valence-electron chi connectivity index (χ3n) is 5.08. The standard InChI is InChI=1S/C25H28O3/c1-4-25(2,21-15-13-20(14-16-21)18-26-3)19-27-23-11-8-12-24(17-23)28-22-9-6-5-7-10-22/h5-17H,4,18-19H2,1-3H3. The second-order valence-corrected chi connectivity index (χ2v) is 7.22. The Morgan fingerprint density at radius 1 is 0.786 bits per heavy atom. The second-order valence-electron chi connectivity index (χ2n) is 7.22. The summed E-state index contributed by atoms with van der Waals surface area (Å²) in [4.78, 5) is 0. The zero-order chi connectivity index (χ0) is 19.8. The Morgan fingerprint density at radius 2 is 1.46 bits per heavy atom. The fraction of sp³-hybridized carbons (Fsp3) is 0.280. The molecule has 3 rings (SSSR count). The first kappa shape index (κ1) is 20.0. The first-order valence-corrected chi connectivity index (χ1v) is 9.67. The first-order chi connectivity index (χ1) is 13.6. The number of hydrogen-bond donors (Lipinski definition) is 0. The Labute approximate surface area is 167 Å². The van der Waals surface area contributed by atoms with Gasteiger partial charge in [0.25, 0.3) is 0 Å². The Balaban J connectivity index is 1.68. The molecule has 0 aliphatic rings. The van der Waals surface area contributed by atoms with E-state index >= 15 is 0 Å². The van der Waals surface area contributed by atoms with E-state index in [0.717, 1.165) is 23.7 Å². The molecule has 0 heterocycles. The van der Waals surface area contributed by atoms with Crippen molar-refractivity contribution in [2.45, 2.75) is 32.3 Å². The molecule has 0 aromatic heterocycles. The summed E-state index contributed by atoms with van der Waals surface area (Å²) < 4.78 is 17.3. The lowest BCUT2D eigenvalue weighted by molar-refractivity contribution is 0.184. The third kappa shape index (κ3) is 5.14. The van der Waals surface area contributed by atoms with Gasteiger partial charge in [0.05, 0.1) is 13.2 Å². The highest BCUT2D eigenvalue weighted by Gasteiger charge is 2.25. The van der Waals surface area contributed by atoms with E-state index in [0.29, 0.717) is 13.2 Å². The molecule has 3 heteroatoms. The van der Waals surface area contributed by atoms with Crippen LogP contribution in [0, 0.1) is 0 Å². The van der Waals surface area contributed by atoms with E-state index in [1.165, 1.54) is 11.1 Å². The van der Waals surface area contributed by atoms with Gasteiger partial charge in [0.2, 0.25) is 0 Å². The highest BCUT2D eigenvalue weighted by molar-refractivity contribution is 5.37. The van der Waals surface area contributed by atoms with Gasteiger partial charge in [-0.25, -0.2) is 0 Å². The van der Waals surface area contributed by atoms with E-state index in [1.807, 2.05) is 54.6 Å². The van der Waals surface area contributed by atoms with Crippen LogP contribution in [0.5, 0.6) is 17.2 Å². The molecule has 0 fully saturated rings. The average Bonchev–Trinajstić information content (AvgIpc) is 2.74. The molecule has 0 aliphatic heterocycles. The normalized spacial score (nSPS) is 13.0. The Morgan fingerprint density at radius 3 is 2.14 bits per heavy atom. The molecule has 3 nitrogen and oxygen atoms in total. The minimum absolute atomic E-state index is 0.0676. The van der Waals surface area contributed by atoms with Crippen molar-refractivity contribution in [3.63, 3.8) is 0 Å². The van der Waals surface area contributed by atoms with Gasteiger partial charge in [-0.2, -0.15) is 0 Å². The van der Waals surface area contributed by atoms with Crippen molar-refractivity contribution >= 4 is 0 Å². The number of methoxy groups -OCH3 is 1. The van der Waals surface area contributed by atoms with Crippen molar-refractivity contribution in [2.75, 3.05) is 13.7 Å². The third-order valence-corrected chi connectivity index (χ3v) is 5.08. The molecule has 1 atom stereocenters. The maximum absolute atomic E-state index is 6.17. The molecule has 0 aliphatic carbocycles. The van der Waals surface area contributed by atoms with E-state index in [4.69, 9.17) is 14.2 Å². The van der Waals surface area contributed by atoms with E-state index < -0.39 is 0 Å². The van der Waals surface area contributed by atoms with Crippen molar-refractivity contribution in [1.29, 1.82) is 0 Å².